The third-order valence-corrected chi connectivity index (χ3v) is 4.59. The molecule has 140 valence electrons. The minimum Gasteiger partial charge on any atom is -0.493 e. The second-order valence-corrected chi connectivity index (χ2v) is 6.43. The molecule has 1 amide bonds. The summed E-state index contributed by atoms with van der Waals surface area (Å²) in [5.74, 6) is 0.350. The van der Waals surface area contributed by atoms with Gasteiger partial charge in [-0.1, -0.05) is 12.1 Å². The minimum atomic E-state index is -0.389. The number of carbonyl (C=O) groups is 1. The van der Waals surface area contributed by atoms with Crippen molar-refractivity contribution in [3.8, 4) is 5.75 Å². The fraction of sp³-hybridized carbons (Fsp3) is 0.316. The number of hydrogen-bond acceptors (Lipinski definition) is 6. The first kappa shape index (κ1) is 17.3. The van der Waals surface area contributed by atoms with Crippen LogP contribution >= 0.6 is 0 Å². The summed E-state index contributed by atoms with van der Waals surface area (Å²) in [4.78, 5) is 24.8. The van der Waals surface area contributed by atoms with Gasteiger partial charge in [0.1, 0.15) is 6.04 Å². The molecule has 0 radical (unpaired) electrons. The number of furan rings is 1. The van der Waals surface area contributed by atoms with Crippen molar-refractivity contribution >= 4 is 16.9 Å². The number of fused-ring (bicyclic) bond motifs is 1. The average molecular weight is 369 g/mol. The molecule has 2 aromatic heterocycles. The van der Waals surface area contributed by atoms with Crippen molar-refractivity contribution in [2.75, 3.05) is 20.3 Å². The van der Waals surface area contributed by atoms with Crippen molar-refractivity contribution in [1.82, 2.24) is 15.1 Å². The molecule has 3 heterocycles. The van der Waals surface area contributed by atoms with E-state index in [1.54, 1.807) is 32.2 Å². The van der Waals surface area contributed by atoms with Crippen LogP contribution in [-0.2, 0) is 4.74 Å². The number of para-hydroxylation sites is 1. The maximum Gasteiger partial charge on any atom is 0.287 e. The summed E-state index contributed by atoms with van der Waals surface area (Å²) >= 11 is 0. The molecule has 1 saturated heterocycles. The van der Waals surface area contributed by atoms with Crippen LogP contribution in [0, 0.1) is 6.92 Å². The molecule has 3 aromatic rings. The first-order chi connectivity index (χ1) is 13.1. The van der Waals surface area contributed by atoms with Gasteiger partial charge in [0.15, 0.2) is 17.1 Å². The molecule has 0 aliphatic carbocycles. The SMILES string of the molecule is COc1cccc2cc(C(=O)NC3COCC3n3nc(C)ccc3=O)oc12. The van der Waals surface area contributed by atoms with Crippen molar-refractivity contribution in [3.05, 3.63) is 58.2 Å². The summed E-state index contributed by atoms with van der Waals surface area (Å²) in [5, 5.41) is 7.94. The van der Waals surface area contributed by atoms with E-state index >= 15 is 0 Å². The quantitative estimate of drug-likeness (QED) is 0.752. The van der Waals surface area contributed by atoms with Gasteiger partial charge in [0.2, 0.25) is 0 Å². The number of amides is 1. The normalized spacial score (nSPS) is 19.3. The highest BCUT2D eigenvalue weighted by molar-refractivity contribution is 5.97. The van der Waals surface area contributed by atoms with Crippen molar-refractivity contribution in [2.45, 2.75) is 19.0 Å². The lowest BCUT2D eigenvalue weighted by atomic mass is 10.1. The number of rotatable bonds is 4. The highest BCUT2D eigenvalue weighted by atomic mass is 16.5. The summed E-state index contributed by atoms with van der Waals surface area (Å²) in [6.45, 7) is 2.40. The molecular weight excluding hydrogens is 350 g/mol. The maximum atomic E-state index is 12.7. The van der Waals surface area contributed by atoms with Gasteiger partial charge >= 0.3 is 0 Å². The first-order valence-corrected chi connectivity index (χ1v) is 8.58. The van der Waals surface area contributed by atoms with E-state index in [2.05, 4.69) is 10.4 Å². The number of hydrogen-bond donors (Lipinski definition) is 1. The van der Waals surface area contributed by atoms with E-state index in [1.165, 1.54) is 10.7 Å². The van der Waals surface area contributed by atoms with Gasteiger partial charge in [0.25, 0.3) is 11.5 Å². The van der Waals surface area contributed by atoms with E-state index in [9.17, 15) is 9.59 Å². The van der Waals surface area contributed by atoms with Gasteiger partial charge in [-0.05, 0) is 25.1 Å². The molecule has 8 heteroatoms. The summed E-state index contributed by atoms with van der Waals surface area (Å²) in [5.41, 5.74) is 1.00. The molecule has 8 nitrogen and oxygen atoms in total. The van der Waals surface area contributed by atoms with Crippen molar-refractivity contribution in [3.63, 3.8) is 0 Å². The fourth-order valence-corrected chi connectivity index (χ4v) is 3.23. The largest absolute Gasteiger partial charge is 0.493 e. The van der Waals surface area contributed by atoms with Gasteiger partial charge in [-0.3, -0.25) is 9.59 Å². The monoisotopic (exact) mass is 369 g/mol. The van der Waals surface area contributed by atoms with Gasteiger partial charge < -0.3 is 19.2 Å². The lowest BCUT2D eigenvalue weighted by molar-refractivity contribution is 0.0898. The molecule has 2 unspecified atom stereocenters. The van der Waals surface area contributed by atoms with E-state index in [4.69, 9.17) is 13.9 Å². The number of methoxy groups -OCH3 is 1. The molecule has 0 saturated carbocycles. The van der Waals surface area contributed by atoms with Crippen LogP contribution in [0.25, 0.3) is 11.0 Å². The molecule has 4 rings (SSSR count). The Kier molecular flexibility index (Phi) is 4.41. The van der Waals surface area contributed by atoms with Gasteiger partial charge in [-0.15, -0.1) is 0 Å². The molecule has 1 N–H and O–H groups in total. The third kappa shape index (κ3) is 3.19. The first-order valence-electron chi connectivity index (χ1n) is 8.58. The molecule has 27 heavy (non-hydrogen) atoms. The van der Waals surface area contributed by atoms with E-state index < -0.39 is 0 Å². The van der Waals surface area contributed by atoms with Crippen LogP contribution in [0.3, 0.4) is 0 Å². The van der Waals surface area contributed by atoms with Crippen LogP contribution < -0.4 is 15.6 Å². The zero-order chi connectivity index (χ0) is 19.0. The Hall–Kier alpha value is -3.13. The van der Waals surface area contributed by atoms with E-state index in [-0.39, 0.29) is 29.3 Å². The van der Waals surface area contributed by atoms with Crippen molar-refractivity contribution < 1.29 is 18.7 Å². The standard InChI is InChI=1S/C19H19N3O5/c1-11-6-7-17(23)22(21-11)14-10-26-9-13(14)20-19(24)16-8-12-4-3-5-15(25-2)18(12)27-16/h3-8,13-14H,9-10H2,1-2H3,(H,20,24). The molecule has 1 fully saturated rings. The fourth-order valence-electron chi connectivity index (χ4n) is 3.23. The third-order valence-electron chi connectivity index (χ3n) is 4.59. The van der Waals surface area contributed by atoms with Gasteiger partial charge in [0.05, 0.1) is 32.1 Å². The van der Waals surface area contributed by atoms with E-state index in [0.29, 0.717) is 24.5 Å². The molecule has 1 aliphatic rings. The van der Waals surface area contributed by atoms with Crippen LogP contribution in [0.2, 0.25) is 0 Å². The summed E-state index contributed by atoms with van der Waals surface area (Å²) in [6.07, 6.45) is 0. The summed E-state index contributed by atoms with van der Waals surface area (Å²) in [7, 11) is 1.55. The zero-order valence-corrected chi connectivity index (χ0v) is 15.0. The van der Waals surface area contributed by atoms with E-state index in [1.807, 2.05) is 12.1 Å². The lowest BCUT2D eigenvalue weighted by Crippen LogP contribution is -2.44. The Morgan fingerprint density at radius 2 is 2.15 bits per heavy atom. The van der Waals surface area contributed by atoms with Crippen LogP contribution in [0.1, 0.15) is 22.3 Å². The summed E-state index contributed by atoms with van der Waals surface area (Å²) < 4.78 is 17.8. The molecule has 1 aromatic carbocycles. The number of nitrogens with one attached hydrogen (secondary N) is 1. The number of carbonyl (C=O) groups excluding carboxylic acids is 1. The zero-order valence-electron chi connectivity index (χ0n) is 15.0. The molecule has 0 spiro atoms. The second-order valence-electron chi connectivity index (χ2n) is 6.43. The second kappa shape index (κ2) is 6.88. The predicted octanol–water partition coefficient (Wildman–Crippen LogP) is 1.68. The number of ether oxygens (including phenoxy) is 2. The topological polar surface area (TPSA) is 95.6 Å². The van der Waals surface area contributed by atoms with Gasteiger partial charge in [0, 0.05) is 11.5 Å². The Balaban J connectivity index is 1.59. The number of benzene rings is 1. The Morgan fingerprint density at radius 3 is 2.96 bits per heavy atom. The Labute approximate surface area is 154 Å². The van der Waals surface area contributed by atoms with Gasteiger partial charge in [-0.2, -0.15) is 5.10 Å². The molecule has 2 atom stereocenters. The number of aryl methyl sites for hydroxylation is 1. The number of nitrogens with zero attached hydrogens (tertiary/aromatic N) is 2. The highest BCUT2D eigenvalue weighted by Gasteiger charge is 2.33. The smallest absolute Gasteiger partial charge is 0.287 e. The minimum absolute atomic E-state index is 0.171. The highest BCUT2D eigenvalue weighted by Crippen LogP contribution is 2.28. The average Bonchev–Trinajstić information content (AvgIpc) is 3.30. The van der Waals surface area contributed by atoms with Crippen LogP contribution in [-0.4, -0.2) is 42.1 Å². The lowest BCUT2D eigenvalue weighted by Gasteiger charge is -2.19. The molecule has 0 bridgehead atoms. The molecule has 1 aliphatic heterocycles. The van der Waals surface area contributed by atoms with Crippen molar-refractivity contribution in [2.24, 2.45) is 0 Å². The maximum absolute atomic E-state index is 12.7. The summed E-state index contributed by atoms with van der Waals surface area (Å²) in [6, 6.07) is 9.46. The predicted molar refractivity (Wildman–Crippen MR) is 97.1 cm³/mol. The number of aromatic nitrogens is 2. The van der Waals surface area contributed by atoms with Crippen LogP contribution in [0.4, 0.5) is 0 Å². The van der Waals surface area contributed by atoms with Crippen molar-refractivity contribution in [1.29, 1.82) is 0 Å². The molecular formula is C19H19N3O5. The van der Waals surface area contributed by atoms with Crippen LogP contribution in [0.15, 0.2) is 45.6 Å². The van der Waals surface area contributed by atoms with E-state index in [0.717, 1.165) is 11.1 Å². The van der Waals surface area contributed by atoms with Gasteiger partial charge in [-0.25, -0.2) is 4.68 Å². The Morgan fingerprint density at radius 1 is 1.30 bits per heavy atom. The van der Waals surface area contributed by atoms with Crippen LogP contribution in [0.5, 0.6) is 5.75 Å². The Bertz CT molecular complexity index is 1050.